The Balaban J connectivity index is 1.91. The molecule has 1 aromatic rings. The molecule has 0 bridgehead atoms. The fraction of sp³-hybridized carbons (Fsp3) is 0.588. The SMILES string of the molecule is CN(CCOc1ccccc1C(F)(F)F)C(=O)C1(C)CCNCC1. The number of carbonyl (C=O) groups excluding carboxylic acids is 1. The zero-order valence-corrected chi connectivity index (χ0v) is 13.9. The largest absolute Gasteiger partial charge is 0.491 e. The lowest BCUT2D eigenvalue weighted by Crippen LogP contribution is -2.47. The van der Waals surface area contributed by atoms with Gasteiger partial charge in [-0.25, -0.2) is 0 Å². The summed E-state index contributed by atoms with van der Waals surface area (Å²) in [5, 5.41) is 3.22. The molecule has 1 saturated heterocycles. The summed E-state index contributed by atoms with van der Waals surface area (Å²) < 4.78 is 44.0. The van der Waals surface area contributed by atoms with Crippen molar-refractivity contribution in [3.05, 3.63) is 29.8 Å². The maximum atomic E-state index is 12.9. The summed E-state index contributed by atoms with van der Waals surface area (Å²) in [5.74, 6) is -0.198. The van der Waals surface area contributed by atoms with Gasteiger partial charge < -0.3 is 15.0 Å². The average Bonchev–Trinajstić information content (AvgIpc) is 2.54. The second-order valence-corrected chi connectivity index (χ2v) is 6.38. The van der Waals surface area contributed by atoms with Crippen molar-refractivity contribution in [3.63, 3.8) is 0 Å². The summed E-state index contributed by atoms with van der Waals surface area (Å²) in [5.41, 5.74) is -1.21. The second kappa shape index (κ2) is 7.42. The molecule has 1 aromatic carbocycles. The molecule has 0 atom stereocenters. The standard InChI is InChI=1S/C17H23F3N2O2/c1-16(7-9-21-10-8-16)15(23)22(2)11-12-24-14-6-4-3-5-13(14)17(18,19)20/h3-6,21H,7-12H2,1-2H3. The Hall–Kier alpha value is -1.76. The van der Waals surface area contributed by atoms with Crippen LogP contribution in [0.2, 0.25) is 0 Å². The third-order valence-electron chi connectivity index (χ3n) is 4.45. The molecular formula is C17H23F3N2O2. The Labute approximate surface area is 140 Å². The second-order valence-electron chi connectivity index (χ2n) is 6.38. The zero-order chi connectivity index (χ0) is 17.8. The molecule has 1 amide bonds. The van der Waals surface area contributed by atoms with Gasteiger partial charge in [0, 0.05) is 12.5 Å². The number of likely N-dealkylation sites (N-methyl/N-ethyl adjacent to an activating group) is 1. The topological polar surface area (TPSA) is 41.6 Å². The molecule has 1 N–H and O–H groups in total. The number of rotatable bonds is 5. The van der Waals surface area contributed by atoms with Crippen LogP contribution in [-0.4, -0.2) is 44.1 Å². The number of hydrogen-bond acceptors (Lipinski definition) is 3. The van der Waals surface area contributed by atoms with Crippen LogP contribution in [0, 0.1) is 5.41 Å². The summed E-state index contributed by atoms with van der Waals surface area (Å²) in [4.78, 5) is 14.1. The third-order valence-corrected chi connectivity index (χ3v) is 4.45. The number of para-hydroxylation sites is 1. The molecule has 134 valence electrons. The number of benzene rings is 1. The van der Waals surface area contributed by atoms with Gasteiger partial charge in [0.25, 0.3) is 0 Å². The number of hydrogen-bond donors (Lipinski definition) is 1. The van der Waals surface area contributed by atoms with E-state index >= 15 is 0 Å². The van der Waals surface area contributed by atoms with Crippen LogP contribution in [0.5, 0.6) is 5.75 Å². The zero-order valence-electron chi connectivity index (χ0n) is 13.9. The minimum absolute atomic E-state index is 0.0108. The number of piperidine rings is 1. The highest BCUT2D eigenvalue weighted by molar-refractivity contribution is 5.82. The van der Waals surface area contributed by atoms with Crippen molar-refractivity contribution in [2.75, 3.05) is 33.3 Å². The van der Waals surface area contributed by atoms with Gasteiger partial charge in [0.05, 0.1) is 12.1 Å². The molecule has 0 radical (unpaired) electrons. The first-order chi connectivity index (χ1) is 11.2. The van der Waals surface area contributed by atoms with Gasteiger partial charge in [-0.3, -0.25) is 4.79 Å². The molecule has 0 aromatic heterocycles. The Bertz CT molecular complexity index is 569. The molecule has 0 spiro atoms. The Morgan fingerprint density at radius 2 is 1.92 bits per heavy atom. The quantitative estimate of drug-likeness (QED) is 0.893. The predicted octanol–water partition coefficient (Wildman–Crippen LogP) is 2.93. The molecule has 24 heavy (non-hydrogen) atoms. The minimum Gasteiger partial charge on any atom is -0.491 e. The van der Waals surface area contributed by atoms with Gasteiger partial charge in [0.1, 0.15) is 12.4 Å². The fourth-order valence-corrected chi connectivity index (χ4v) is 2.87. The van der Waals surface area contributed by atoms with E-state index in [4.69, 9.17) is 4.74 Å². The first-order valence-electron chi connectivity index (χ1n) is 7.99. The van der Waals surface area contributed by atoms with Crippen LogP contribution >= 0.6 is 0 Å². The van der Waals surface area contributed by atoms with Crippen molar-refractivity contribution < 1.29 is 22.7 Å². The Morgan fingerprint density at radius 3 is 2.54 bits per heavy atom. The summed E-state index contributed by atoms with van der Waals surface area (Å²) in [6.45, 7) is 3.79. The van der Waals surface area contributed by atoms with E-state index < -0.39 is 17.2 Å². The number of carbonyl (C=O) groups is 1. The molecule has 0 saturated carbocycles. The van der Waals surface area contributed by atoms with Gasteiger partial charge in [-0.05, 0) is 38.1 Å². The smallest absolute Gasteiger partial charge is 0.419 e. The Kier molecular flexibility index (Phi) is 5.74. The van der Waals surface area contributed by atoms with Gasteiger partial charge in [-0.2, -0.15) is 13.2 Å². The van der Waals surface area contributed by atoms with Gasteiger partial charge in [0.2, 0.25) is 5.91 Å². The van der Waals surface area contributed by atoms with Crippen LogP contribution in [-0.2, 0) is 11.0 Å². The van der Waals surface area contributed by atoms with Crippen LogP contribution in [0.15, 0.2) is 24.3 Å². The van der Waals surface area contributed by atoms with Gasteiger partial charge in [-0.1, -0.05) is 19.1 Å². The highest BCUT2D eigenvalue weighted by Crippen LogP contribution is 2.36. The predicted molar refractivity (Wildman–Crippen MR) is 84.8 cm³/mol. The normalized spacial score (nSPS) is 17.4. The summed E-state index contributed by atoms with van der Waals surface area (Å²) in [6, 6.07) is 5.10. The van der Waals surface area contributed by atoms with Gasteiger partial charge in [0.15, 0.2) is 0 Å². The van der Waals surface area contributed by atoms with E-state index in [0.29, 0.717) is 0 Å². The maximum absolute atomic E-state index is 12.9. The van der Waals surface area contributed by atoms with Crippen molar-refractivity contribution in [3.8, 4) is 5.75 Å². The monoisotopic (exact) mass is 344 g/mol. The van der Waals surface area contributed by atoms with E-state index in [0.717, 1.165) is 32.0 Å². The van der Waals surface area contributed by atoms with Crippen molar-refractivity contribution in [1.29, 1.82) is 0 Å². The maximum Gasteiger partial charge on any atom is 0.419 e. The number of alkyl halides is 3. The summed E-state index contributed by atoms with van der Waals surface area (Å²) in [7, 11) is 1.66. The van der Waals surface area contributed by atoms with Crippen molar-refractivity contribution >= 4 is 5.91 Å². The van der Waals surface area contributed by atoms with E-state index in [1.54, 1.807) is 11.9 Å². The lowest BCUT2D eigenvalue weighted by Gasteiger charge is -2.36. The molecule has 2 rings (SSSR count). The van der Waals surface area contributed by atoms with Crippen LogP contribution in [0.4, 0.5) is 13.2 Å². The summed E-state index contributed by atoms with van der Waals surface area (Å²) in [6.07, 6.45) is -2.94. The number of nitrogens with one attached hydrogen (secondary N) is 1. The summed E-state index contributed by atoms with van der Waals surface area (Å²) >= 11 is 0. The minimum atomic E-state index is -4.46. The Morgan fingerprint density at radius 1 is 1.29 bits per heavy atom. The first kappa shape index (κ1) is 18.6. The van der Waals surface area contributed by atoms with E-state index in [-0.39, 0.29) is 24.8 Å². The molecule has 1 fully saturated rings. The average molecular weight is 344 g/mol. The molecule has 1 aliphatic rings. The fourth-order valence-electron chi connectivity index (χ4n) is 2.87. The van der Waals surface area contributed by atoms with Crippen molar-refractivity contribution in [2.24, 2.45) is 5.41 Å². The molecular weight excluding hydrogens is 321 g/mol. The lowest BCUT2D eigenvalue weighted by atomic mass is 9.80. The number of amides is 1. The van der Waals surface area contributed by atoms with E-state index in [2.05, 4.69) is 5.32 Å². The van der Waals surface area contributed by atoms with Gasteiger partial charge >= 0.3 is 6.18 Å². The van der Waals surface area contributed by atoms with Crippen LogP contribution in [0.3, 0.4) is 0 Å². The van der Waals surface area contributed by atoms with Crippen LogP contribution < -0.4 is 10.1 Å². The molecule has 4 nitrogen and oxygen atoms in total. The molecule has 0 aliphatic carbocycles. The number of nitrogens with zero attached hydrogens (tertiary/aromatic N) is 1. The molecule has 1 heterocycles. The molecule has 1 aliphatic heterocycles. The molecule has 0 unspecified atom stereocenters. The van der Waals surface area contributed by atoms with E-state index in [1.807, 2.05) is 6.92 Å². The molecule has 7 heteroatoms. The highest BCUT2D eigenvalue weighted by Gasteiger charge is 2.37. The number of halogens is 3. The van der Waals surface area contributed by atoms with E-state index in [1.165, 1.54) is 18.2 Å². The van der Waals surface area contributed by atoms with Crippen molar-refractivity contribution in [1.82, 2.24) is 10.2 Å². The van der Waals surface area contributed by atoms with E-state index in [9.17, 15) is 18.0 Å². The highest BCUT2D eigenvalue weighted by atomic mass is 19.4. The van der Waals surface area contributed by atoms with Crippen LogP contribution in [0.1, 0.15) is 25.3 Å². The van der Waals surface area contributed by atoms with Crippen LogP contribution in [0.25, 0.3) is 0 Å². The first-order valence-corrected chi connectivity index (χ1v) is 7.99. The third kappa shape index (κ3) is 4.41. The van der Waals surface area contributed by atoms with Crippen molar-refractivity contribution in [2.45, 2.75) is 25.9 Å². The lowest BCUT2D eigenvalue weighted by molar-refractivity contribution is -0.142. The number of ether oxygens (including phenoxy) is 1. The van der Waals surface area contributed by atoms with Gasteiger partial charge in [-0.15, -0.1) is 0 Å².